The molecule has 0 aliphatic carbocycles. The summed E-state index contributed by atoms with van der Waals surface area (Å²) in [6, 6.07) is 14.5. The van der Waals surface area contributed by atoms with E-state index >= 15 is 0 Å². The molecular formula is C21H20N4O3. The molecule has 28 heavy (non-hydrogen) atoms. The van der Waals surface area contributed by atoms with Crippen LogP contribution in [0.1, 0.15) is 28.2 Å². The zero-order valence-electron chi connectivity index (χ0n) is 15.5. The molecule has 2 aromatic heterocycles. The molecule has 2 atom stereocenters. The van der Waals surface area contributed by atoms with Crippen LogP contribution in [0.15, 0.2) is 48.7 Å². The van der Waals surface area contributed by atoms with Gasteiger partial charge in [-0.25, -0.2) is 4.98 Å². The number of fused-ring (bicyclic) bond motifs is 1. The van der Waals surface area contributed by atoms with Crippen LogP contribution in [0.25, 0.3) is 5.65 Å². The Morgan fingerprint density at radius 2 is 2.14 bits per heavy atom. The number of nitrogens with one attached hydrogen (secondary N) is 1. The van der Waals surface area contributed by atoms with E-state index in [-0.39, 0.29) is 18.1 Å². The lowest BCUT2D eigenvalue weighted by molar-refractivity contribution is -0.00294. The van der Waals surface area contributed by atoms with Gasteiger partial charge in [-0.1, -0.05) is 6.07 Å². The Morgan fingerprint density at radius 3 is 2.89 bits per heavy atom. The quantitative estimate of drug-likeness (QED) is 0.756. The zero-order valence-corrected chi connectivity index (χ0v) is 15.5. The topological polar surface area (TPSA) is 88.7 Å². The molecule has 3 heterocycles. The van der Waals surface area contributed by atoms with Crippen LogP contribution < -0.4 is 10.1 Å². The minimum Gasteiger partial charge on any atom is -0.488 e. The highest BCUT2D eigenvalue weighted by molar-refractivity contribution is 5.93. The molecule has 1 saturated heterocycles. The van der Waals surface area contributed by atoms with E-state index in [1.54, 1.807) is 30.5 Å². The second-order valence-corrected chi connectivity index (χ2v) is 6.76. The first-order valence-electron chi connectivity index (χ1n) is 9.14. The third kappa shape index (κ3) is 3.68. The number of carbonyl (C=O) groups is 1. The SMILES string of the molecule is Cc1cccc2nc(C(=O)N[C@@H]3COCC[C@H]3Oc3ccc(C#N)cc3)cn12. The fourth-order valence-corrected chi connectivity index (χ4v) is 3.28. The fraction of sp³-hybridized carbons (Fsp3) is 0.286. The van der Waals surface area contributed by atoms with E-state index in [4.69, 9.17) is 14.7 Å². The molecule has 7 nitrogen and oxygen atoms in total. The van der Waals surface area contributed by atoms with Crippen LogP contribution in [-0.2, 0) is 4.74 Å². The number of hydrogen-bond acceptors (Lipinski definition) is 5. The normalized spacial score (nSPS) is 19.1. The highest BCUT2D eigenvalue weighted by Crippen LogP contribution is 2.19. The van der Waals surface area contributed by atoms with E-state index in [1.165, 1.54) is 0 Å². The summed E-state index contributed by atoms with van der Waals surface area (Å²) in [7, 11) is 0. The van der Waals surface area contributed by atoms with Crippen molar-refractivity contribution in [3.63, 3.8) is 0 Å². The first-order valence-corrected chi connectivity index (χ1v) is 9.14. The summed E-state index contributed by atoms with van der Waals surface area (Å²) in [5.41, 5.74) is 2.67. The molecule has 1 amide bonds. The van der Waals surface area contributed by atoms with Crippen LogP contribution in [0.3, 0.4) is 0 Å². The minimum absolute atomic E-state index is 0.218. The average molecular weight is 376 g/mol. The van der Waals surface area contributed by atoms with Gasteiger partial charge in [-0.05, 0) is 43.3 Å². The van der Waals surface area contributed by atoms with Gasteiger partial charge in [-0.15, -0.1) is 0 Å². The lowest BCUT2D eigenvalue weighted by Gasteiger charge is -2.32. The maximum absolute atomic E-state index is 12.7. The number of aryl methyl sites for hydroxylation is 1. The maximum atomic E-state index is 12.7. The number of nitriles is 1. The summed E-state index contributed by atoms with van der Waals surface area (Å²) in [5.74, 6) is 0.403. The molecule has 0 radical (unpaired) electrons. The number of ether oxygens (including phenoxy) is 2. The number of imidazole rings is 1. The van der Waals surface area contributed by atoms with Gasteiger partial charge in [0, 0.05) is 18.3 Å². The molecule has 0 saturated carbocycles. The molecule has 0 bridgehead atoms. The number of benzene rings is 1. The van der Waals surface area contributed by atoms with Crippen molar-refractivity contribution in [2.24, 2.45) is 0 Å². The van der Waals surface area contributed by atoms with E-state index in [0.717, 1.165) is 11.3 Å². The molecule has 0 unspecified atom stereocenters. The largest absolute Gasteiger partial charge is 0.488 e. The molecule has 1 fully saturated rings. The Labute approximate surface area is 162 Å². The van der Waals surface area contributed by atoms with Gasteiger partial charge < -0.3 is 19.2 Å². The van der Waals surface area contributed by atoms with Gasteiger partial charge in [-0.2, -0.15) is 5.26 Å². The Kier molecular flexibility index (Phi) is 4.96. The Bertz CT molecular complexity index is 1040. The van der Waals surface area contributed by atoms with Crippen molar-refractivity contribution in [1.82, 2.24) is 14.7 Å². The first kappa shape index (κ1) is 18.0. The van der Waals surface area contributed by atoms with Crippen LogP contribution in [0.5, 0.6) is 5.75 Å². The zero-order chi connectivity index (χ0) is 19.5. The van der Waals surface area contributed by atoms with Crippen molar-refractivity contribution < 1.29 is 14.3 Å². The molecular weight excluding hydrogens is 356 g/mol. The molecule has 0 spiro atoms. The number of rotatable bonds is 4. The molecule has 1 N–H and O–H groups in total. The molecule has 1 aliphatic heterocycles. The smallest absolute Gasteiger partial charge is 0.271 e. The van der Waals surface area contributed by atoms with Gasteiger partial charge in [0.2, 0.25) is 0 Å². The highest BCUT2D eigenvalue weighted by atomic mass is 16.5. The van der Waals surface area contributed by atoms with Crippen LogP contribution in [0, 0.1) is 18.3 Å². The average Bonchev–Trinajstić information content (AvgIpc) is 3.16. The molecule has 4 rings (SSSR count). The molecule has 1 aliphatic rings. The van der Waals surface area contributed by atoms with Crippen LogP contribution in [-0.4, -0.2) is 40.7 Å². The van der Waals surface area contributed by atoms with Crippen molar-refractivity contribution in [3.05, 3.63) is 65.6 Å². The standard InChI is InChI=1S/C21H20N4O3/c1-14-3-2-4-20-23-17(12-25(14)20)21(26)24-18-13-27-10-9-19(18)28-16-7-5-15(11-22)6-8-16/h2-8,12,18-19H,9-10,13H2,1H3,(H,24,26)/t18-,19-/m1/s1. The van der Waals surface area contributed by atoms with Crippen molar-refractivity contribution in [2.45, 2.75) is 25.5 Å². The lowest BCUT2D eigenvalue weighted by Crippen LogP contribution is -2.51. The summed E-state index contributed by atoms with van der Waals surface area (Å²) >= 11 is 0. The summed E-state index contributed by atoms with van der Waals surface area (Å²) in [6.07, 6.45) is 2.18. The number of amides is 1. The second kappa shape index (κ2) is 7.71. The second-order valence-electron chi connectivity index (χ2n) is 6.76. The molecule has 142 valence electrons. The highest BCUT2D eigenvalue weighted by Gasteiger charge is 2.30. The minimum atomic E-state index is -0.289. The number of nitrogens with zero attached hydrogens (tertiary/aromatic N) is 3. The molecule has 7 heteroatoms. The van der Waals surface area contributed by atoms with Gasteiger partial charge in [0.15, 0.2) is 0 Å². The van der Waals surface area contributed by atoms with Crippen LogP contribution in [0.2, 0.25) is 0 Å². The number of aromatic nitrogens is 2. The van der Waals surface area contributed by atoms with Gasteiger partial charge in [0.25, 0.3) is 5.91 Å². The van der Waals surface area contributed by atoms with E-state index in [2.05, 4.69) is 16.4 Å². The van der Waals surface area contributed by atoms with Gasteiger partial charge in [0.05, 0.1) is 30.9 Å². The van der Waals surface area contributed by atoms with Gasteiger partial charge in [-0.3, -0.25) is 4.79 Å². The third-order valence-corrected chi connectivity index (χ3v) is 4.81. The predicted molar refractivity (Wildman–Crippen MR) is 102 cm³/mol. The first-order chi connectivity index (χ1) is 13.6. The van der Waals surface area contributed by atoms with Gasteiger partial charge >= 0.3 is 0 Å². The maximum Gasteiger partial charge on any atom is 0.271 e. The Balaban J connectivity index is 1.48. The Hall–Kier alpha value is -3.37. The summed E-state index contributed by atoms with van der Waals surface area (Å²) in [5, 5.41) is 11.9. The lowest BCUT2D eigenvalue weighted by atomic mass is 10.1. The fourth-order valence-electron chi connectivity index (χ4n) is 3.28. The summed E-state index contributed by atoms with van der Waals surface area (Å²) < 4.78 is 13.5. The monoisotopic (exact) mass is 376 g/mol. The predicted octanol–water partition coefficient (Wildman–Crippen LogP) is 2.48. The van der Waals surface area contributed by atoms with Crippen molar-refractivity contribution in [2.75, 3.05) is 13.2 Å². The van der Waals surface area contributed by atoms with E-state index in [1.807, 2.05) is 29.5 Å². The van der Waals surface area contributed by atoms with Crippen molar-refractivity contribution in [3.8, 4) is 11.8 Å². The van der Waals surface area contributed by atoms with Crippen LogP contribution in [0.4, 0.5) is 0 Å². The van der Waals surface area contributed by atoms with Crippen molar-refractivity contribution in [1.29, 1.82) is 5.26 Å². The van der Waals surface area contributed by atoms with Crippen LogP contribution >= 0.6 is 0 Å². The number of carbonyl (C=O) groups excluding carboxylic acids is 1. The Morgan fingerprint density at radius 1 is 1.32 bits per heavy atom. The van der Waals surface area contributed by atoms with E-state index < -0.39 is 0 Å². The van der Waals surface area contributed by atoms with Gasteiger partial charge in [0.1, 0.15) is 23.2 Å². The molecule has 1 aromatic carbocycles. The van der Waals surface area contributed by atoms with Crippen molar-refractivity contribution >= 4 is 11.6 Å². The third-order valence-electron chi connectivity index (χ3n) is 4.81. The van der Waals surface area contributed by atoms with E-state index in [0.29, 0.717) is 36.6 Å². The summed E-state index contributed by atoms with van der Waals surface area (Å²) in [6.45, 7) is 2.91. The summed E-state index contributed by atoms with van der Waals surface area (Å²) in [4.78, 5) is 17.1. The number of pyridine rings is 1. The van der Waals surface area contributed by atoms with E-state index in [9.17, 15) is 4.79 Å². The molecule has 3 aromatic rings. The number of hydrogen-bond donors (Lipinski definition) is 1.